The van der Waals surface area contributed by atoms with Gasteiger partial charge in [-0.05, 0) is 323 Å². The topological polar surface area (TPSA) is 24.9 Å². The lowest BCUT2D eigenvalue weighted by Gasteiger charge is -2.40. The van der Waals surface area contributed by atoms with Gasteiger partial charge in [0.15, 0.2) is 0 Å². The van der Waals surface area contributed by atoms with E-state index in [2.05, 4.69) is 544 Å². The van der Waals surface area contributed by atoms with E-state index < -0.39 is 21.7 Å². The van der Waals surface area contributed by atoms with Crippen LogP contribution in [-0.4, -0.2) is 0 Å². The lowest BCUT2D eigenvalue weighted by Crippen LogP contribution is -2.32. The number of anilines is 6. The first-order valence-corrected chi connectivity index (χ1v) is 53.5. The number of hydrogen-bond acceptors (Lipinski definition) is 6. The van der Waals surface area contributed by atoms with Gasteiger partial charge in [0.25, 0.3) is 0 Å². The normalized spacial score (nSPS) is 14.3. The van der Waals surface area contributed by atoms with Gasteiger partial charge in [-0.25, -0.2) is 0 Å². The molecule has 0 bridgehead atoms. The third-order valence-corrected chi connectivity index (χ3v) is 36.0. The van der Waals surface area contributed by atoms with Crippen LogP contribution in [0.4, 0.5) is 34.1 Å². The van der Waals surface area contributed by atoms with Crippen LogP contribution in [0, 0.1) is 0 Å². The molecule has 0 N–H and O–H groups in total. The zero-order valence-electron chi connectivity index (χ0n) is 81.3. The molecule has 24 aromatic rings. The number of rotatable bonds is 11. The molecule has 698 valence electrons. The molecule has 6 heteroatoms. The van der Waals surface area contributed by atoms with Gasteiger partial charge >= 0.3 is 0 Å². The molecule has 0 fully saturated rings. The van der Waals surface area contributed by atoms with Crippen LogP contribution in [0.25, 0.3) is 122 Å². The van der Waals surface area contributed by atoms with Crippen LogP contribution >= 0.6 is 23.5 Å². The quantitative estimate of drug-likeness (QED) is 0.128. The van der Waals surface area contributed by atoms with E-state index in [0.29, 0.717) is 0 Å². The average Bonchev–Trinajstić information content (AvgIpc) is 1.51. The summed E-state index contributed by atoms with van der Waals surface area (Å²) in [6.45, 7) is 0. The van der Waals surface area contributed by atoms with Crippen molar-refractivity contribution in [1.29, 1.82) is 0 Å². The molecule has 0 saturated carbocycles. The number of hydrogen-bond donors (Lipinski definition) is 0. The smallest absolute Gasteiger partial charge is 0.132 e. The Bertz CT molecular complexity index is 9720. The van der Waals surface area contributed by atoms with Crippen molar-refractivity contribution in [1.82, 2.24) is 0 Å². The Labute approximate surface area is 878 Å². The molecule has 0 aromatic heterocycles. The van der Waals surface area contributed by atoms with Crippen molar-refractivity contribution in [2.24, 2.45) is 0 Å². The van der Waals surface area contributed by atoms with Gasteiger partial charge in [-0.1, -0.05) is 412 Å². The Kier molecular flexibility index (Phi) is 18.5. The molecular weight excluding hydrogens is 1850 g/mol. The maximum atomic E-state index is 6.95. The Morgan fingerprint density at radius 1 is 0.140 bits per heavy atom. The van der Waals surface area contributed by atoms with Crippen molar-refractivity contribution < 1.29 is 9.47 Å². The molecule has 24 aromatic carbocycles. The lowest BCUT2D eigenvalue weighted by molar-refractivity contribution is 0.436. The molecule has 4 heterocycles. The predicted octanol–water partition coefficient (Wildman–Crippen LogP) is 37.9. The van der Waals surface area contributed by atoms with E-state index in [4.69, 9.17) is 9.47 Å². The first-order valence-electron chi connectivity index (χ1n) is 51.9. The summed E-state index contributed by atoms with van der Waals surface area (Å²) < 4.78 is 13.9. The van der Waals surface area contributed by atoms with Crippen molar-refractivity contribution >= 4 is 79.2 Å². The summed E-state index contributed by atoms with van der Waals surface area (Å²) in [6, 6.07) is 202. The van der Waals surface area contributed by atoms with Crippen LogP contribution in [0.2, 0.25) is 0 Å². The second-order valence-corrected chi connectivity index (χ2v) is 43.1. The molecule has 0 unspecified atom stereocenters. The van der Waals surface area contributed by atoms with Gasteiger partial charge in [-0.3, -0.25) is 0 Å². The zero-order valence-corrected chi connectivity index (χ0v) is 83.0. The highest BCUT2D eigenvalue weighted by molar-refractivity contribution is 7.99. The van der Waals surface area contributed by atoms with E-state index >= 15 is 0 Å². The van der Waals surface area contributed by atoms with Crippen LogP contribution in [0.5, 0.6) is 23.0 Å². The molecule has 0 radical (unpaired) electrons. The summed E-state index contributed by atoms with van der Waals surface area (Å²) >= 11 is 3.77. The summed E-state index contributed by atoms with van der Waals surface area (Å²) in [4.78, 5) is 10.2. The van der Waals surface area contributed by atoms with Gasteiger partial charge in [-0.15, -0.1) is 0 Å². The molecule has 0 atom stereocenters. The minimum absolute atomic E-state index is 0.594. The summed E-state index contributed by atoms with van der Waals surface area (Å²) in [5.74, 6) is 3.45. The van der Waals surface area contributed by atoms with E-state index in [1.807, 2.05) is 23.5 Å². The Morgan fingerprint density at radius 3 is 0.880 bits per heavy atom. The third kappa shape index (κ3) is 12.0. The fourth-order valence-electron chi connectivity index (χ4n) is 27.5. The van der Waals surface area contributed by atoms with Crippen molar-refractivity contribution in [3.8, 4) is 123 Å². The molecular formula is C144H88N2O2S2. The Hall–Kier alpha value is -18.3. The van der Waals surface area contributed by atoms with Gasteiger partial charge in [0.2, 0.25) is 0 Å². The second kappa shape index (κ2) is 32.6. The van der Waals surface area contributed by atoms with E-state index in [1.54, 1.807) is 0 Å². The van der Waals surface area contributed by atoms with Crippen LogP contribution < -0.4 is 19.3 Å². The van der Waals surface area contributed by atoms with Crippen molar-refractivity contribution in [3.05, 3.63) is 623 Å². The lowest BCUT2D eigenvalue weighted by atomic mass is 9.66. The largest absolute Gasteiger partial charge is 0.457 e. The molecule has 4 spiro atoms. The molecule has 0 amide bonds. The monoisotopic (exact) mass is 1940 g/mol. The minimum atomic E-state index is -0.750. The predicted molar refractivity (Wildman–Crippen MR) is 616 cm³/mol. The minimum Gasteiger partial charge on any atom is -0.457 e. The van der Waals surface area contributed by atoms with Crippen molar-refractivity contribution in [3.63, 3.8) is 0 Å². The fraction of sp³-hybridized carbons (Fsp3) is 0.0278. The van der Waals surface area contributed by atoms with Crippen molar-refractivity contribution in [2.45, 2.75) is 41.2 Å². The first kappa shape index (κ1) is 85.0. The highest BCUT2D eigenvalue weighted by atomic mass is 32.2. The van der Waals surface area contributed by atoms with E-state index in [0.717, 1.165) is 124 Å². The van der Waals surface area contributed by atoms with E-state index in [-0.39, 0.29) is 0 Å². The Morgan fingerprint density at radius 2 is 0.413 bits per heavy atom. The third-order valence-electron chi connectivity index (χ3n) is 33.7. The molecule has 4 nitrogen and oxygen atoms in total. The van der Waals surface area contributed by atoms with Crippen LogP contribution in [0.15, 0.2) is 553 Å². The van der Waals surface area contributed by atoms with Gasteiger partial charge in [-0.2, -0.15) is 0 Å². The molecule has 4 aliphatic carbocycles. The highest BCUT2D eigenvalue weighted by Gasteiger charge is 2.57. The average molecular weight is 1940 g/mol. The SMILES string of the molecule is c1ccc(-c2ccc(-c3ccccc3N(c3ccc4c(c3)C3(c5ccccc5Oc5ccccc53)c3ccccc3-4)c3ccc4c(c3)C3(c5ccccc5Sc5ccccc53)c3cc5cc(-c6cccc(-c7ccc(-c8ccccc8N(c8ccc9c(c8)-c8cc%10ccccc%10cc8C98c9ccccc9Sc9ccccc98)c8ccc9c(c8)C8(c%10ccccc%10Oc%10ccccc%108)c8ccccc8-9)cc7)c6)ccc5cc3-4)cc2)cc1. The first-order chi connectivity index (χ1) is 74.3. The van der Waals surface area contributed by atoms with Gasteiger partial charge in [0.05, 0.1) is 33.0 Å². The number of ether oxygens (including phenoxy) is 2. The number of para-hydroxylation sites is 6. The molecule has 150 heavy (non-hydrogen) atoms. The van der Waals surface area contributed by atoms with E-state index in [1.165, 1.54) is 164 Å². The molecule has 4 aliphatic heterocycles. The summed E-state index contributed by atoms with van der Waals surface area (Å²) in [5, 5.41) is 4.80. The standard InChI is InChI=1S/C144H88N2O2S2/c1-2-31-89(32-3-1)90-61-65-92(66-62-90)106-38-9-21-52-132(106)146(103-72-76-110-108-40-7-11-42-116(108)142(129(110)87-103)120-45-14-24-55-135(120)148-136-56-25-15-46-121(136)142)104-73-77-111-112-82-99-70-69-98(80-100(99)84-127(112)144(130(111)88-104)124-49-18-28-59-139(124)150-140-60-29-19-50-125(140)144)95-36-30-35-94(79-95)91-63-67-93(68-64-91)105-37-8-20-51-131(105)145(102-71-75-109-107-39-6-10-41-115(107)141(128(109)86-102)118-43-12-22-53-133(118)147-134-54-23-13-44-119(134)141)101-74-78-117-114(85-101)113-81-96-33-4-5-34-97(96)83-126(113)143(117)122-47-16-26-57-137(122)149-138-58-27-17-48-123(138)143/h1-88H. The zero-order chi connectivity index (χ0) is 98.2. The maximum absolute atomic E-state index is 6.95. The van der Waals surface area contributed by atoms with Gasteiger partial charge in [0, 0.05) is 75.7 Å². The molecule has 0 saturated heterocycles. The molecule has 32 rings (SSSR count). The summed E-state index contributed by atoms with van der Waals surface area (Å²) in [7, 11) is 0. The van der Waals surface area contributed by atoms with E-state index in [9.17, 15) is 0 Å². The number of benzene rings is 24. The van der Waals surface area contributed by atoms with Gasteiger partial charge in [0.1, 0.15) is 23.0 Å². The van der Waals surface area contributed by atoms with Crippen LogP contribution in [-0.2, 0) is 21.7 Å². The highest BCUT2D eigenvalue weighted by Crippen LogP contribution is 2.70. The summed E-state index contributed by atoms with van der Waals surface area (Å²) in [5.41, 5.74) is 44.4. The van der Waals surface area contributed by atoms with Crippen LogP contribution in [0.3, 0.4) is 0 Å². The van der Waals surface area contributed by atoms with Crippen molar-refractivity contribution in [2.75, 3.05) is 9.80 Å². The Balaban J connectivity index is 0.531. The van der Waals surface area contributed by atoms with Crippen LogP contribution in [0.1, 0.15) is 89.0 Å². The number of fused-ring (bicyclic) bond motifs is 38. The fourth-order valence-corrected chi connectivity index (χ4v) is 29.9. The summed E-state index contributed by atoms with van der Waals surface area (Å²) in [6.07, 6.45) is 0. The number of nitrogens with zero attached hydrogens (tertiary/aromatic N) is 2. The maximum Gasteiger partial charge on any atom is 0.132 e. The molecule has 8 aliphatic rings. The second-order valence-electron chi connectivity index (χ2n) is 40.9. The van der Waals surface area contributed by atoms with Gasteiger partial charge < -0.3 is 19.3 Å².